The molecule has 5 aromatic rings. The van der Waals surface area contributed by atoms with Crippen LogP contribution >= 0.6 is 0 Å². The molecule has 0 amide bonds. The van der Waals surface area contributed by atoms with Gasteiger partial charge in [0.25, 0.3) is 0 Å². The number of methoxy groups -OCH3 is 1. The van der Waals surface area contributed by atoms with Gasteiger partial charge in [-0.05, 0) is 49.3 Å². The van der Waals surface area contributed by atoms with Gasteiger partial charge < -0.3 is 15.0 Å². The van der Waals surface area contributed by atoms with Crippen LogP contribution in [-0.2, 0) is 17.6 Å². The molecule has 0 aliphatic heterocycles. The first-order chi connectivity index (χ1) is 17.6. The summed E-state index contributed by atoms with van der Waals surface area (Å²) in [6, 6.07) is 10.0. The quantitative estimate of drug-likeness (QED) is 0.340. The van der Waals surface area contributed by atoms with Crippen LogP contribution in [0.25, 0.3) is 27.9 Å². The van der Waals surface area contributed by atoms with Crippen LogP contribution in [0.15, 0.2) is 48.9 Å². The Hall–Kier alpha value is -3.85. The molecule has 0 fully saturated rings. The Morgan fingerprint density at radius 2 is 2.11 bits per heavy atom. The molecule has 6 rings (SSSR count). The van der Waals surface area contributed by atoms with Crippen LogP contribution in [0.1, 0.15) is 42.5 Å². The van der Waals surface area contributed by atoms with Crippen molar-refractivity contribution in [1.82, 2.24) is 29.5 Å². The van der Waals surface area contributed by atoms with Crippen LogP contribution in [-0.4, -0.2) is 49.3 Å². The Morgan fingerprint density at radius 3 is 2.97 bits per heavy atom. The third kappa shape index (κ3) is 4.09. The van der Waals surface area contributed by atoms with E-state index in [-0.39, 0.29) is 12.0 Å². The van der Waals surface area contributed by atoms with Crippen molar-refractivity contribution < 1.29 is 9.13 Å². The lowest BCUT2D eigenvalue weighted by Gasteiger charge is -2.24. The zero-order chi connectivity index (χ0) is 24.6. The molecule has 2 atom stereocenters. The molecular weight excluding hydrogens is 457 g/mol. The van der Waals surface area contributed by atoms with Gasteiger partial charge in [-0.1, -0.05) is 25.1 Å². The molecule has 0 bridgehead atoms. The van der Waals surface area contributed by atoms with Gasteiger partial charge in [0, 0.05) is 53.7 Å². The van der Waals surface area contributed by atoms with Gasteiger partial charge in [0.15, 0.2) is 11.5 Å². The number of ether oxygens (including phenoxy) is 1. The average Bonchev–Trinajstić information content (AvgIpc) is 3.49. The van der Waals surface area contributed by atoms with Crippen LogP contribution in [0.3, 0.4) is 0 Å². The molecule has 1 aliphatic carbocycles. The highest BCUT2D eigenvalue weighted by Crippen LogP contribution is 2.31. The fourth-order valence-corrected chi connectivity index (χ4v) is 5.12. The second-order valence-corrected chi connectivity index (χ2v) is 9.49. The maximum atomic E-state index is 14.0. The van der Waals surface area contributed by atoms with E-state index in [0.717, 1.165) is 31.2 Å². The summed E-state index contributed by atoms with van der Waals surface area (Å²) < 4.78 is 21.0. The van der Waals surface area contributed by atoms with Crippen LogP contribution in [0.4, 0.5) is 10.3 Å². The number of aryl methyl sites for hydroxylation is 1. The standard InChI is InChI=1S/C27H28FN7O/c1-16(9-10-36-2)22-15-30-35-26(22)33-25(17-11-18(28)14-29-13-17)34-27(35)31-19-7-8-24-21(12-19)20-5-3-4-6-23(20)32-24/h3-6,11,13-16,19,32H,7-10,12H2,1-2H3,(H,31,33,34)/t16-,19-/m0/s1. The second kappa shape index (κ2) is 9.31. The molecule has 184 valence electrons. The number of para-hydroxylation sites is 1. The summed E-state index contributed by atoms with van der Waals surface area (Å²) in [5.74, 6) is 0.776. The number of aromatic amines is 1. The molecule has 0 unspecified atom stereocenters. The molecule has 0 saturated heterocycles. The fourth-order valence-electron chi connectivity index (χ4n) is 5.12. The first-order valence-electron chi connectivity index (χ1n) is 12.3. The van der Waals surface area contributed by atoms with Crippen molar-refractivity contribution in [1.29, 1.82) is 0 Å². The smallest absolute Gasteiger partial charge is 0.228 e. The van der Waals surface area contributed by atoms with Gasteiger partial charge in [-0.15, -0.1) is 0 Å². The van der Waals surface area contributed by atoms with E-state index in [9.17, 15) is 4.39 Å². The number of nitrogens with zero attached hydrogens (tertiary/aromatic N) is 5. The molecule has 0 spiro atoms. The van der Waals surface area contributed by atoms with Crippen molar-refractivity contribution in [2.75, 3.05) is 19.0 Å². The summed E-state index contributed by atoms with van der Waals surface area (Å²) in [6.07, 6.45) is 8.24. The van der Waals surface area contributed by atoms with Crippen molar-refractivity contribution in [3.63, 3.8) is 0 Å². The molecule has 1 aromatic carbocycles. The topological polar surface area (TPSA) is 93.0 Å². The number of benzene rings is 1. The second-order valence-electron chi connectivity index (χ2n) is 9.49. The number of halogens is 1. The predicted molar refractivity (Wildman–Crippen MR) is 137 cm³/mol. The summed E-state index contributed by atoms with van der Waals surface area (Å²) >= 11 is 0. The van der Waals surface area contributed by atoms with Crippen molar-refractivity contribution in [3.8, 4) is 11.4 Å². The molecule has 4 aromatic heterocycles. The third-order valence-electron chi connectivity index (χ3n) is 7.07. The molecule has 8 nitrogen and oxygen atoms in total. The minimum atomic E-state index is -0.424. The number of hydrogen-bond donors (Lipinski definition) is 2. The van der Waals surface area contributed by atoms with Gasteiger partial charge >= 0.3 is 0 Å². The highest BCUT2D eigenvalue weighted by molar-refractivity contribution is 5.85. The summed E-state index contributed by atoms with van der Waals surface area (Å²) in [7, 11) is 1.70. The van der Waals surface area contributed by atoms with E-state index >= 15 is 0 Å². The lowest BCUT2D eigenvalue weighted by molar-refractivity contribution is 0.189. The predicted octanol–water partition coefficient (Wildman–Crippen LogP) is 4.92. The highest BCUT2D eigenvalue weighted by atomic mass is 19.1. The molecule has 36 heavy (non-hydrogen) atoms. The van der Waals surface area contributed by atoms with Crippen LogP contribution in [0.5, 0.6) is 0 Å². The van der Waals surface area contributed by atoms with Crippen LogP contribution in [0.2, 0.25) is 0 Å². The van der Waals surface area contributed by atoms with Gasteiger partial charge in [-0.25, -0.2) is 9.37 Å². The van der Waals surface area contributed by atoms with E-state index in [1.54, 1.807) is 17.8 Å². The minimum Gasteiger partial charge on any atom is -0.385 e. The number of fused-ring (bicyclic) bond motifs is 4. The summed E-state index contributed by atoms with van der Waals surface area (Å²) in [5, 5.41) is 9.55. The SMILES string of the molecule is COCC[C@H](C)c1cnn2c(N[C@H]3CCc4[nH]c5ccccc5c4C3)nc(-c3cncc(F)c3)nc12. The van der Waals surface area contributed by atoms with Crippen molar-refractivity contribution in [2.45, 2.75) is 44.6 Å². The lowest BCUT2D eigenvalue weighted by Crippen LogP contribution is -2.29. The normalized spacial score (nSPS) is 16.4. The van der Waals surface area contributed by atoms with Gasteiger partial charge in [0.1, 0.15) is 5.82 Å². The molecule has 1 aliphatic rings. The number of nitrogens with one attached hydrogen (secondary N) is 2. The number of H-pyrrole nitrogens is 1. The first kappa shape index (κ1) is 22.6. The molecule has 9 heteroatoms. The Bertz CT molecular complexity index is 1540. The van der Waals surface area contributed by atoms with Gasteiger partial charge in [0.2, 0.25) is 5.95 Å². The largest absolute Gasteiger partial charge is 0.385 e. The van der Waals surface area contributed by atoms with E-state index in [2.05, 4.69) is 51.6 Å². The lowest BCUT2D eigenvalue weighted by atomic mass is 9.91. The Kier molecular flexibility index (Phi) is 5.85. The highest BCUT2D eigenvalue weighted by Gasteiger charge is 2.25. The minimum absolute atomic E-state index is 0.173. The van der Waals surface area contributed by atoms with Crippen molar-refractivity contribution in [2.24, 2.45) is 0 Å². The van der Waals surface area contributed by atoms with Crippen molar-refractivity contribution in [3.05, 3.63) is 71.6 Å². The fraction of sp³-hybridized carbons (Fsp3) is 0.333. The average molecular weight is 486 g/mol. The molecule has 2 N–H and O–H groups in total. The number of rotatable bonds is 7. The maximum Gasteiger partial charge on any atom is 0.228 e. The Morgan fingerprint density at radius 1 is 1.22 bits per heavy atom. The zero-order valence-electron chi connectivity index (χ0n) is 20.3. The third-order valence-corrected chi connectivity index (χ3v) is 7.07. The van der Waals surface area contributed by atoms with E-state index < -0.39 is 5.82 Å². The maximum absolute atomic E-state index is 14.0. The molecule has 4 heterocycles. The molecule has 0 saturated carbocycles. The van der Waals surface area contributed by atoms with Crippen LogP contribution < -0.4 is 5.32 Å². The zero-order valence-corrected chi connectivity index (χ0v) is 20.3. The number of hydrogen-bond acceptors (Lipinski definition) is 6. The molecular formula is C27H28FN7O. The molecule has 0 radical (unpaired) electrons. The number of pyridine rings is 1. The summed E-state index contributed by atoms with van der Waals surface area (Å²) in [6.45, 7) is 2.78. The van der Waals surface area contributed by atoms with E-state index in [4.69, 9.17) is 14.7 Å². The number of anilines is 1. The number of aromatic nitrogens is 6. The summed E-state index contributed by atoms with van der Waals surface area (Å²) in [5.41, 5.74) is 6.07. The van der Waals surface area contributed by atoms with E-state index in [1.807, 2.05) is 6.20 Å². The Labute approximate surface area is 208 Å². The Balaban J connectivity index is 1.39. The van der Waals surface area contributed by atoms with Gasteiger partial charge in [-0.3, -0.25) is 4.98 Å². The first-order valence-corrected chi connectivity index (χ1v) is 12.3. The monoisotopic (exact) mass is 485 g/mol. The summed E-state index contributed by atoms with van der Waals surface area (Å²) in [4.78, 5) is 17.2. The van der Waals surface area contributed by atoms with Crippen LogP contribution in [0, 0.1) is 5.82 Å². The van der Waals surface area contributed by atoms with Gasteiger partial charge in [-0.2, -0.15) is 14.6 Å². The van der Waals surface area contributed by atoms with Crippen molar-refractivity contribution >= 4 is 22.5 Å². The van der Waals surface area contributed by atoms with E-state index in [1.165, 1.54) is 34.4 Å². The van der Waals surface area contributed by atoms with Gasteiger partial charge in [0.05, 0.1) is 12.4 Å². The van der Waals surface area contributed by atoms with E-state index in [0.29, 0.717) is 29.6 Å².